The average molecular weight is 568 g/mol. The number of carbonyl (C=O) groups is 2. The van der Waals surface area contributed by atoms with E-state index < -0.39 is 22.0 Å². The van der Waals surface area contributed by atoms with Crippen LogP contribution in [0.1, 0.15) is 41.2 Å². The fraction of sp³-hybridized carbons (Fsp3) is 0.333. The number of rotatable bonds is 10. The van der Waals surface area contributed by atoms with E-state index in [1.54, 1.807) is 24.3 Å². The molecule has 6 rings (SSSR count). The number of halogens is 1. The lowest BCUT2D eigenvalue weighted by atomic mass is 9.82. The Morgan fingerprint density at radius 3 is 2.18 bits per heavy atom. The Balaban J connectivity index is 1.28. The average Bonchev–Trinajstić information content (AvgIpc) is 2.94. The highest BCUT2D eigenvalue weighted by Gasteiger charge is 2.48. The number of ketones is 1. The Morgan fingerprint density at radius 2 is 1.54 bits per heavy atom. The van der Waals surface area contributed by atoms with Crippen molar-refractivity contribution in [2.24, 2.45) is 5.92 Å². The molecule has 1 N–H and O–H groups in total. The summed E-state index contributed by atoms with van der Waals surface area (Å²) in [5.74, 6) is -0.113. The number of esters is 1. The molecule has 0 aliphatic carbocycles. The second-order valence-electron chi connectivity index (χ2n) is 10.5. The monoisotopic (exact) mass is 567 g/mol. The predicted octanol–water partition coefficient (Wildman–Crippen LogP) is 4.78. The number of quaternary nitrogens is 1. The molecule has 3 aliphatic rings. The third-order valence-electron chi connectivity index (χ3n) is 7.89. The highest BCUT2D eigenvalue weighted by Crippen LogP contribution is 2.36. The first-order chi connectivity index (χ1) is 18.7. The molecule has 0 radical (unpaired) electrons. The van der Waals surface area contributed by atoms with Crippen LogP contribution in [0.3, 0.4) is 0 Å². The largest absolute Gasteiger partial charge is 0.456 e. The molecule has 3 aromatic rings. The summed E-state index contributed by atoms with van der Waals surface area (Å²) in [6.45, 7) is 2.77. The van der Waals surface area contributed by atoms with Gasteiger partial charge in [-0.1, -0.05) is 72.3 Å². The third-order valence-corrected chi connectivity index (χ3v) is 9.63. The van der Waals surface area contributed by atoms with Gasteiger partial charge in [0, 0.05) is 29.3 Å². The lowest BCUT2D eigenvalue weighted by Gasteiger charge is -2.51. The van der Waals surface area contributed by atoms with Crippen LogP contribution in [0, 0.1) is 5.92 Å². The molecule has 0 amide bonds. The normalized spacial score (nSPS) is 23.2. The fourth-order valence-corrected chi connectivity index (χ4v) is 7.11. The van der Waals surface area contributed by atoms with Crippen LogP contribution >= 0.6 is 11.6 Å². The fourth-order valence-electron chi connectivity index (χ4n) is 5.76. The van der Waals surface area contributed by atoms with Gasteiger partial charge in [-0.15, -0.1) is 0 Å². The van der Waals surface area contributed by atoms with E-state index in [4.69, 9.17) is 16.3 Å². The van der Waals surface area contributed by atoms with Gasteiger partial charge in [0.1, 0.15) is 13.1 Å². The van der Waals surface area contributed by atoms with Gasteiger partial charge in [-0.3, -0.25) is 9.59 Å². The van der Waals surface area contributed by atoms with Gasteiger partial charge in [0.05, 0.1) is 30.4 Å². The quantitative estimate of drug-likeness (QED) is 0.216. The molecule has 39 heavy (non-hydrogen) atoms. The molecule has 3 aromatic carbocycles. The Hall–Kier alpha value is -3.04. The molecular formula is C30H32ClN2O5S+. The lowest BCUT2D eigenvalue weighted by molar-refractivity contribution is -0.938. The van der Waals surface area contributed by atoms with Crippen molar-refractivity contribution in [3.63, 3.8) is 0 Å². The number of piperidine rings is 3. The second-order valence-corrected chi connectivity index (χ2v) is 12.7. The Kier molecular flexibility index (Phi) is 8.19. The van der Waals surface area contributed by atoms with E-state index in [-0.39, 0.29) is 29.1 Å². The first kappa shape index (κ1) is 27.5. The molecule has 3 saturated heterocycles. The summed E-state index contributed by atoms with van der Waals surface area (Å²) >= 11 is 5.92. The Bertz CT molecular complexity index is 1410. The molecule has 3 aliphatic heterocycles. The topological polar surface area (TPSA) is 89.5 Å². The summed E-state index contributed by atoms with van der Waals surface area (Å²) < 4.78 is 35.6. The first-order valence-corrected chi connectivity index (χ1v) is 15.0. The van der Waals surface area contributed by atoms with E-state index in [1.165, 1.54) is 24.3 Å². The van der Waals surface area contributed by atoms with Crippen LogP contribution in [-0.4, -0.2) is 56.9 Å². The SMILES string of the molecule is O=C(CC(NS(=O)(=O)c1ccc(Cl)cc1)c1ccccc1)OC1C[N+]2(CC(=O)c3ccccc3)CCC1CC2. The van der Waals surface area contributed by atoms with Crippen LogP contribution in [0.4, 0.5) is 0 Å². The van der Waals surface area contributed by atoms with Crippen LogP contribution in [0.25, 0.3) is 0 Å². The van der Waals surface area contributed by atoms with Crippen molar-refractivity contribution in [2.45, 2.75) is 36.3 Å². The maximum Gasteiger partial charge on any atom is 0.308 e. The molecule has 7 nitrogen and oxygen atoms in total. The maximum atomic E-state index is 13.2. The molecule has 2 atom stereocenters. The van der Waals surface area contributed by atoms with E-state index in [1.807, 2.05) is 36.4 Å². The first-order valence-electron chi connectivity index (χ1n) is 13.2. The van der Waals surface area contributed by atoms with Crippen LogP contribution < -0.4 is 4.72 Å². The summed E-state index contributed by atoms with van der Waals surface area (Å²) in [6, 6.07) is 23.4. The minimum atomic E-state index is -3.92. The Labute approximate surface area is 234 Å². The number of Topliss-reactive ketones (excluding diaryl/α,β-unsaturated/α-hetero) is 1. The summed E-state index contributed by atoms with van der Waals surface area (Å²) in [5, 5.41) is 0.431. The van der Waals surface area contributed by atoms with Crippen molar-refractivity contribution < 1.29 is 27.2 Å². The highest BCUT2D eigenvalue weighted by molar-refractivity contribution is 7.89. The van der Waals surface area contributed by atoms with Crippen molar-refractivity contribution >= 4 is 33.4 Å². The van der Waals surface area contributed by atoms with Crippen LogP contribution in [0.2, 0.25) is 5.02 Å². The van der Waals surface area contributed by atoms with Crippen molar-refractivity contribution in [2.75, 3.05) is 26.2 Å². The number of benzene rings is 3. The predicted molar refractivity (Wildman–Crippen MR) is 149 cm³/mol. The molecule has 2 bridgehead atoms. The molecule has 3 heterocycles. The number of hydrogen-bond donors (Lipinski definition) is 1. The van der Waals surface area contributed by atoms with Crippen LogP contribution in [-0.2, 0) is 19.6 Å². The number of hydrogen-bond acceptors (Lipinski definition) is 5. The zero-order chi connectivity index (χ0) is 27.5. The zero-order valence-corrected chi connectivity index (χ0v) is 23.1. The zero-order valence-electron chi connectivity index (χ0n) is 21.5. The maximum absolute atomic E-state index is 13.2. The molecule has 9 heteroatoms. The molecule has 3 fully saturated rings. The molecule has 2 unspecified atom stereocenters. The van der Waals surface area contributed by atoms with Crippen LogP contribution in [0.15, 0.2) is 89.8 Å². The van der Waals surface area contributed by atoms with Gasteiger partial charge < -0.3 is 9.22 Å². The van der Waals surface area contributed by atoms with E-state index >= 15 is 0 Å². The second kappa shape index (κ2) is 11.6. The van der Waals surface area contributed by atoms with E-state index in [0.717, 1.165) is 25.9 Å². The summed E-state index contributed by atoms with van der Waals surface area (Å²) in [5.41, 5.74) is 1.36. The summed E-state index contributed by atoms with van der Waals surface area (Å²) in [7, 11) is -3.92. The summed E-state index contributed by atoms with van der Waals surface area (Å²) in [6.07, 6.45) is 1.34. The number of ether oxygens (including phenoxy) is 1. The summed E-state index contributed by atoms with van der Waals surface area (Å²) in [4.78, 5) is 26.3. The van der Waals surface area contributed by atoms with Crippen molar-refractivity contribution in [3.8, 4) is 0 Å². The van der Waals surface area contributed by atoms with Gasteiger partial charge in [0.2, 0.25) is 15.8 Å². The van der Waals surface area contributed by atoms with Crippen molar-refractivity contribution in [3.05, 3.63) is 101 Å². The smallest absolute Gasteiger partial charge is 0.308 e. The molecular weight excluding hydrogens is 536 g/mol. The van der Waals surface area contributed by atoms with Gasteiger partial charge in [-0.25, -0.2) is 13.1 Å². The molecule has 0 saturated carbocycles. The van der Waals surface area contributed by atoms with Crippen LogP contribution in [0.5, 0.6) is 0 Å². The number of nitrogens with one attached hydrogen (secondary N) is 1. The number of nitrogens with zero attached hydrogens (tertiary/aromatic N) is 1. The van der Waals surface area contributed by atoms with Crippen molar-refractivity contribution in [1.29, 1.82) is 0 Å². The van der Waals surface area contributed by atoms with Gasteiger partial charge in [0.25, 0.3) is 0 Å². The lowest BCUT2D eigenvalue weighted by Crippen LogP contribution is -2.65. The molecule has 0 aromatic heterocycles. The van der Waals surface area contributed by atoms with Gasteiger partial charge in [0.15, 0.2) is 6.10 Å². The van der Waals surface area contributed by atoms with E-state index in [0.29, 0.717) is 33.7 Å². The standard InChI is InChI=1S/C30H32ClN2O5S/c31-25-11-13-26(14-12-25)39(36,37)32-27(22-7-3-1-4-8-22)19-30(35)38-29-21-33(17-15-24(29)16-18-33)20-28(34)23-9-5-2-6-10-23/h1-14,24,27,29,32H,15-21H2/q+1. The molecule has 0 spiro atoms. The van der Waals surface area contributed by atoms with Gasteiger partial charge in [-0.05, 0) is 29.8 Å². The van der Waals surface area contributed by atoms with E-state index in [2.05, 4.69) is 4.72 Å². The van der Waals surface area contributed by atoms with E-state index in [9.17, 15) is 18.0 Å². The number of sulfonamides is 1. The van der Waals surface area contributed by atoms with Crippen molar-refractivity contribution in [1.82, 2.24) is 4.72 Å². The number of carbonyl (C=O) groups excluding carboxylic acids is 2. The minimum absolute atomic E-state index is 0.0631. The minimum Gasteiger partial charge on any atom is -0.456 e. The number of fused-ring (bicyclic) bond motifs is 3. The highest BCUT2D eigenvalue weighted by atomic mass is 35.5. The third kappa shape index (κ3) is 6.58. The van der Waals surface area contributed by atoms with Gasteiger partial charge >= 0.3 is 5.97 Å². The molecule has 204 valence electrons. The van der Waals surface area contributed by atoms with Gasteiger partial charge in [-0.2, -0.15) is 0 Å². The Morgan fingerprint density at radius 1 is 0.923 bits per heavy atom.